The SMILES string of the molecule is COc1ccc(-c2cnc(SCC(=O)Nc3ccc(C)cc3)n2-c2cccc(Cl)c2)cc1. The Labute approximate surface area is 196 Å². The topological polar surface area (TPSA) is 56.1 Å². The van der Waals surface area contributed by atoms with E-state index in [-0.39, 0.29) is 11.7 Å². The second-order valence-corrected chi connectivity index (χ2v) is 8.55. The van der Waals surface area contributed by atoms with E-state index in [1.807, 2.05) is 90.5 Å². The van der Waals surface area contributed by atoms with E-state index in [1.54, 1.807) is 7.11 Å². The number of ether oxygens (including phenoxy) is 1. The molecule has 4 rings (SSSR count). The summed E-state index contributed by atoms with van der Waals surface area (Å²) < 4.78 is 7.28. The Bertz CT molecular complexity index is 1220. The normalized spacial score (nSPS) is 10.7. The van der Waals surface area contributed by atoms with Gasteiger partial charge in [-0.05, 0) is 61.5 Å². The second-order valence-electron chi connectivity index (χ2n) is 7.17. The molecule has 0 atom stereocenters. The summed E-state index contributed by atoms with van der Waals surface area (Å²) in [6, 6.07) is 23.1. The van der Waals surface area contributed by atoms with Crippen LogP contribution in [0, 0.1) is 6.92 Å². The maximum atomic E-state index is 12.5. The molecular weight excluding hydrogens is 442 g/mol. The van der Waals surface area contributed by atoms with Crippen LogP contribution >= 0.6 is 23.4 Å². The van der Waals surface area contributed by atoms with Crippen LogP contribution in [-0.2, 0) is 4.79 Å². The predicted molar refractivity (Wildman–Crippen MR) is 131 cm³/mol. The minimum atomic E-state index is -0.0921. The molecule has 162 valence electrons. The minimum absolute atomic E-state index is 0.0921. The molecule has 0 spiro atoms. The van der Waals surface area contributed by atoms with E-state index in [9.17, 15) is 4.79 Å². The highest BCUT2D eigenvalue weighted by molar-refractivity contribution is 7.99. The maximum absolute atomic E-state index is 12.5. The summed E-state index contributed by atoms with van der Waals surface area (Å²) in [5, 5.41) is 4.26. The molecule has 0 fully saturated rings. The maximum Gasteiger partial charge on any atom is 0.234 e. The van der Waals surface area contributed by atoms with Gasteiger partial charge in [0.1, 0.15) is 5.75 Å². The van der Waals surface area contributed by atoms with Crippen LogP contribution in [0.4, 0.5) is 5.69 Å². The van der Waals surface area contributed by atoms with Crippen molar-refractivity contribution in [2.75, 3.05) is 18.2 Å². The number of thioether (sulfide) groups is 1. The standard InChI is InChI=1S/C25H22ClN3O2S/c1-17-6-10-20(11-7-17)28-24(30)16-32-25-27-15-23(18-8-12-22(31-2)13-9-18)29(25)21-5-3-4-19(26)14-21/h3-15H,16H2,1-2H3,(H,28,30). The molecule has 0 saturated carbocycles. The third kappa shape index (κ3) is 5.15. The summed E-state index contributed by atoms with van der Waals surface area (Å²) >= 11 is 7.63. The number of halogens is 1. The smallest absolute Gasteiger partial charge is 0.234 e. The zero-order valence-electron chi connectivity index (χ0n) is 17.7. The molecule has 0 unspecified atom stereocenters. The first kappa shape index (κ1) is 22.0. The van der Waals surface area contributed by atoms with E-state index in [1.165, 1.54) is 11.8 Å². The molecular formula is C25H22ClN3O2S. The summed E-state index contributed by atoms with van der Waals surface area (Å²) in [5.74, 6) is 0.920. The number of hydrogen-bond acceptors (Lipinski definition) is 4. The summed E-state index contributed by atoms with van der Waals surface area (Å²) in [7, 11) is 1.64. The van der Waals surface area contributed by atoms with Crippen molar-refractivity contribution in [2.45, 2.75) is 12.1 Å². The van der Waals surface area contributed by atoms with E-state index in [4.69, 9.17) is 16.3 Å². The fraction of sp³-hybridized carbons (Fsp3) is 0.120. The number of aryl methyl sites for hydroxylation is 1. The lowest BCUT2D eigenvalue weighted by atomic mass is 10.1. The zero-order chi connectivity index (χ0) is 22.5. The van der Waals surface area contributed by atoms with Gasteiger partial charge in [0.05, 0.1) is 24.8 Å². The lowest BCUT2D eigenvalue weighted by molar-refractivity contribution is -0.113. The second kappa shape index (κ2) is 9.94. The highest BCUT2D eigenvalue weighted by atomic mass is 35.5. The molecule has 1 amide bonds. The van der Waals surface area contributed by atoms with Crippen molar-refractivity contribution < 1.29 is 9.53 Å². The zero-order valence-corrected chi connectivity index (χ0v) is 19.3. The van der Waals surface area contributed by atoms with Gasteiger partial charge in [0.15, 0.2) is 5.16 Å². The van der Waals surface area contributed by atoms with Crippen molar-refractivity contribution in [3.8, 4) is 22.7 Å². The lowest BCUT2D eigenvalue weighted by Gasteiger charge is -2.13. The average Bonchev–Trinajstić information content (AvgIpc) is 3.23. The van der Waals surface area contributed by atoms with Gasteiger partial charge in [-0.2, -0.15) is 0 Å². The molecule has 4 aromatic rings. The molecule has 0 aliphatic rings. The Morgan fingerprint density at radius 2 is 1.84 bits per heavy atom. The molecule has 3 aromatic carbocycles. The average molecular weight is 464 g/mol. The minimum Gasteiger partial charge on any atom is -0.497 e. The van der Waals surface area contributed by atoms with E-state index in [0.717, 1.165) is 33.9 Å². The van der Waals surface area contributed by atoms with Crippen molar-refractivity contribution in [2.24, 2.45) is 0 Å². The van der Waals surface area contributed by atoms with Gasteiger partial charge in [-0.25, -0.2) is 4.98 Å². The molecule has 0 bridgehead atoms. The van der Waals surface area contributed by atoms with Crippen LogP contribution in [0.2, 0.25) is 5.02 Å². The number of methoxy groups -OCH3 is 1. The first-order chi connectivity index (χ1) is 15.5. The van der Waals surface area contributed by atoms with Crippen LogP contribution in [0.15, 0.2) is 84.1 Å². The third-order valence-electron chi connectivity index (χ3n) is 4.85. The number of benzene rings is 3. The van der Waals surface area contributed by atoms with E-state index in [0.29, 0.717) is 10.2 Å². The van der Waals surface area contributed by atoms with Crippen LogP contribution in [0.25, 0.3) is 16.9 Å². The van der Waals surface area contributed by atoms with Crippen molar-refractivity contribution in [1.29, 1.82) is 0 Å². The Balaban J connectivity index is 1.60. The largest absolute Gasteiger partial charge is 0.497 e. The first-order valence-electron chi connectivity index (χ1n) is 10.0. The van der Waals surface area contributed by atoms with E-state index >= 15 is 0 Å². The molecule has 0 saturated heterocycles. The Morgan fingerprint density at radius 1 is 1.09 bits per heavy atom. The molecule has 7 heteroatoms. The number of amides is 1. The predicted octanol–water partition coefficient (Wildman–Crippen LogP) is 6.24. The Kier molecular flexibility index (Phi) is 6.83. The Morgan fingerprint density at radius 3 is 2.53 bits per heavy atom. The third-order valence-corrected chi connectivity index (χ3v) is 6.04. The van der Waals surface area contributed by atoms with Gasteiger partial charge in [0.25, 0.3) is 0 Å². The van der Waals surface area contributed by atoms with Gasteiger partial charge >= 0.3 is 0 Å². The van der Waals surface area contributed by atoms with Crippen LogP contribution in [0.1, 0.15) is 5.56 Å². The van der Waals surface area contributed by atoms with Crippen molar-refractivity contribution in [3.63, 3.8) is 0 Å². The van der Waals surface area contributed by atoms with Crippen molar-refractivity contribution in [1.82, 2.24) is 9.55 Å². The van der Waals surface area contributed by atoms with Gasteiger partial charge in [-0.3, -0.25) is 9.36 Å². The number of carbonyl (C=O) groups excluding carboxylic acids is 1. The number of anilines is 1. The van der Waals surface area contributed by atoms with Crippen LogP contribution in [-0.4, -0.2) is 28.3 Å². The van der Waals surface area contributed by atoms with Crippen LogP contribution in [0.3, 0.4) is 0 Å². The van der Waals surface area contributed by atoms with Crippen LogP contribution < -0.4 is 10.1 Å². The quantitative estimate of drug-likeness (QED) is 0.329. The van der Waals surface area contributed by atoms with Gasteiger partial charge in [-0.15, -0.1) is 0 Å². The van der Waals surface area contributed by atoms with Gasteiger partial charge in [-0.1, -0.05) is 47.1 Å². The summed E-state index contributed by atoms with van der Waals surface area (Å²) in [6.45, 7) is 2.01. The lowest BCUT2D eigenvalue weighted by Crippen LogP contribution is -2.14. The molecule has 1 heterocycles. The summed E-state index contributed by atoms with van der Waals surface area (Å²) in [6.07, 6.45) is 1.81. The number of imidazole rings is 1. The first-order valence-corrected chi connectivity index (χ1v) is 11.4. The molecule has 1 aromatic heterocycles. The van der Waals surface area contributed by atoms with Crippen molar-refractivity contribution in [3.05, 3.63) is 89.6 Å². The van der Waals surface area contributed by atoms with Gasteiger partial charge in [0.2, 0.25) is 5.91 Å². The summed E-state index contributed by atoms with van der Waals surface area (Å²) in [4.78, 5) is 17.1. The van der Waals surface area contributed by atoms with Crippen LogP contribution in [0.5, 0.6) is 5.75 Å². The number of hydrogen-bond donors (Lipinski definition) is 1. The molecule has 5 nitrogen and oxygen atoms in total. The summed E-state index contributed by atoms with van der Waals surface area (Å²) in [5.41, 5.74) is 4.68. The van der Waals surface area contributed by atoms with E-state index < -0.39 is 0 Å². The Hall–Kier alpha value is -3.22. The van der Waals surface area contributed by atoms with Crippen molar-refractivity contribution >= 4 is 35.0 Å². The number of nitrogens with one attached hydrogen (secondary N) is 1. The fourth-order valence-corrected chi connectivity index (χ4v) is 4.21. The number of aromatic nitrogens is 2. The van der Waals surface area contributed by atoms with Gasteiger partial charge in [0, 0.05) is 22.0 Å². The molecule has 0 aliphatic carbocycles. The highest BCUT2D eigenvalue weighted by Gasteiger charge is 2.16. The number of carbonyl (C=O) groups is 1. The molecule has 0 radical (unpaired) electrons. The number of rotatable bonds is 7. The molecule has 1 N–H and O–H groups in total. The molecule has 32 heavy (non-hydrogen) atoms. The fourth-order valence-electron chi connectivity index (χ4n) is 3.23. The highest BCUT2D eigenvalue weighted by Crippen LogP contribution is 2.31. The molecule has 0 aliphatic heterocycles. The monoisotopic (exact) mass is 463 g/mol. The number of nitrogens with zero attached hydrogens (tertiary/aromatic N) is 2. The van der Waals surface area contributed by atoms with Gasteiger partial charge < -0.3 is 10.1 Å². The van der Waals surface area contributed by atoms with E-state index in [2.05, 4.69) is 10.3 Å².